The van der Waals surface area contributed by atoms with Crippen molar-refractivity contribution in [1.82, 2.24) is 4.90 Å². The first kappa shape index (κ1) is 14.7. The quantitative estimate of drug-likeness (QED) is 0.904. The van der Waals surface area contributed by atoms with Crippen LogP contribution in [0.4, 0.5) is 0 Å². The fourth-order valence-electron chi connectivity index (χ4n) is 3.69. The van der Waals surface area contributed by atoms with Crippen molar-refractivity contribution in [2.75, 3.05) is 26.2 Å². The highest BCUT2D eigenvalue weighted by Gasteiger charge is 2.33. The topological polar surface area (TPSA) is 47.7 Å². The highest BCUT2D eigenvalue weighted by atomic mass is 16.6. The summed E-state index contributed by atoms with van der Waals surface area (Å²) in [6, 6.07) is 8.52. The Kier molecular flexibility index (Phi) is 4.66. The van der Waals surface area contributed by atoms with Crippen molar-refractivity contribution in [2.45, 2.75) is 38.3 Å². The molecule has 4 nitrogen and oxygen atoms in total. The number of ether oxygens (including phenoxy) is 2. The third kappa shape index (κ3) is 3.16. The molecule has 21 heavy (non-hydrogen) atoms. The zero-order valence-corrected chi connectivity index (χ0v) is 12.8. The normalized spacial score (nSPS) is 28.0. The average Bonchev–Trinajstić information content (AvgIpc) is 3.01. The monoisotopic (exact) mass is 290 g/mol. The number of likely N-dealkylation sites (N-methyl/N-ethyl adjacent to an activating group) is 1. The van der Waals surface area contributed by atoms with E-state index in [1.165, 1.54) is 19.3 Å². The zero-order chi connectivity index (χ0) is 14.7. The average molecular weight is 290 g/mol. The maximum Gasteiger partial charge on any atom is 0.161 e. The van der Waals surface area contributed by atoms with E-state index in [1.54, 1.807) is 0 Å². The Morgan fingerprint density at radius 1 is 1.24 bits per heavy atom. The Bertz CT molecular complexity index is 466. The molecule has 1 aromatic carbocycles. The summed E-state index contributed by atoms with van der Waals surface area (Å²) >= 11 is 0. The van der Waals surface area contributed by atoms with Crippen LogP contribution in [0, 0.1) is 5.92 Å². The summed E-state index contributed by atoms with van der Waals surface area (Å²) < 4.78 is 11.9. The Morgan fingerprint density at radius 2 is 2.05 bits per heavy atom. The lowest BCUT2D eigenvalue weighted by Crippen LogP contribution is -2.47. The van der Waals surface area contributed by atoms with Crippen molar-refractivity contribution in [1.29, 1.82) is 0 Å². The molecule has 1 heterocycles. The third-order valence-corrected chi connectivity index (χ3v) is 4.80. The molecule has 1 aliphatic carbocycles. The number of hydrogen-bond donors (Lipinski definition) is 1. The third-order valence-electron chi connectivity index (χ3n) is 4.80. The van der Waals surface area contributed by atoms with Gasteiger partial charge in [-0.25, -0.2) is 0 Å². The second-order valence-corrected chi connectivity index (χ2v) is 6.08. The number of nitrogens with two attached hydrogens (primary N) is 1. The summed E-state index contributed by atoms with van der Waals surface area (Å²) in [7, 11) is 0. The van der Waals surface area contributed by atoms with E-state index in [0.29, 0.717) is 18.6 Å². The second kappa shape index (κ2) is 6.67. The molecule has 4 heteroatoms. The molecule has 3 atom stereocenters. The van der Waals surface area contributed by atoms with E-state index in [1.807, 2.05) is 24.3 Å². The lowest BCUT2D eigenvalue weighted by Gasteiger charge is -2.36. The van der Waals surface area contributed by atoms with Gasteiger partial charge in [0.15, 0.2) is 11.5 Å². The zero-order valence-electron chi connectivity index (χ0n) is 12.8. The molecule has 2 aliphatic rings. The van der Waals surface area contributed by atoms with Gasteiger partial charge >= 0.3 is 0 Å². The Hall–Kier alpha value is -1.26. The van der Waals surface area contributed by atoms with Crippen molar-refractivity contribution < 1.29 is 9.47 Å². The fraction of sp³-hybridized carbons (Fsp3) is 0.647. The molecule has 2 N–H and O–H groups in total. The maximum atomic E-state index is 6.09. The minimum atomic E-state index is 0.110. The van der Waals surface area contributed by atoms with Gasteiger partial charge in [0.05, 0.1) is 0 Å². The molecule has 1 saturated carbocycles. The first-order valence-electron chi connectivity index (χ1n) is 8.14. The van der Waals surface area contributed by atoms with Gasteiger partial charge in [-0.1, -0.05) is 25.5 Å². The van der Waals surface area contributed by atoms with Gasteiger partial charge in [-0.2, -0.15) is 0 Å². The predicted molar refractivity (Wildman–Crippen MR) is 83.8 cm³/mol. The fourth-order valence-corrected chi connectivity index (χ4v) is 3.69. The predicted octanol–water partition coefficient (Wildman–Crippen LogP) is 2.28. The number of para-hydroxylation sites is 2. The second-order valence-electron chi connectivity index (χ2n) is 6.08. The summed E-state index contributed by atoms with van der Waals surface area (Å²) in [6.45, 7) is 5.62. The van der Waals surface area contributed by atoms with Gasteiger partial charge in [-0.05, 0) is 44.0 Å². The molecule has 1 fully saturated rings. The van der Waals surface area contributed by atoms with Gasteiger partial charge < -0.3 is 15.2 Å². The van der Waals surface area contributed by atoms with Crippen LogP contribution in [0.25, 0.3) is 0 Å². The van der Waals surface area contributed by atoms with E-state index in [-0.39, 0.29) is 6.10 Å². The first-order chi connectivity index (χ1) is 10.3. The van der Waals surface area contributed by atoms with Crippen molar-refractivity contribution in [3.8, 4) is 11.5 Å². The number of benzene rings is 1. The van der Waals surface area contributed by atoms with Crippen LogP contribution in [0.2, 0.25) is 0 Å². The van der Waals surface area contributed by atoms with Gasteiger partial charge in [0, 0.05) is 12.6 Å². The minimum absolute atomic E-state index is 0.110. The van der Waals surface area contributed by atoms with Crippen molar-refractivity contribution in [2.24, 2.45) is 11.7 Å². The van der Waals surface area contributed by atoms with Crippen molar-refractivity contribution in [3.05, 3.63) is 24.3 Å². The standard InChI is InChI=1S/C17H26N2O2/c1-2-19(15-7-5-6-13(15)10-18)11-14-12-20-16-8-3-4-9-17(16)21-14/h3-4,8-9,13-15H,2,5-7,10-12,18H2,1H3. The summed E-state index contributed by atoms with van der Waals surface area (Å²) in [5, 5.41) is 0. The number of fused-ring (bicyclic) bond motifs is 1. The summed E-state index contributed by atoms with van der Waals surface area (Å²) in [6.07, 6.45) is 3.94. The summed E-state index contributed by atoms with van der Waals surface area (Å²) in [5.74, 6) is 2.37. The molecule has 0 saturated heterocycles. The van der Waals surface area contributed by atoms with E-state index in [2.05, 4.69) is 11.8 Å². The highest BCUT2D eigenvalue weighted by Crippen LogP contribution is 2.33. The SMILES string of the molecule is CCN(CC1COc2ccccc2O1)C1CCCC1CN. The van der Waals surface area contributed by atoms with Gasteiger partial charge in [0.25, 0.3) is 0 Å². The molecule has 1 aromatic rings. The molecule has 3 rings (SSSR count). The Labute approximate surface area is 127 Å². The number of nitrogens with zero attached hydrogens (tertiary/aromatic N) is 1. The van der Waals surface area contributed by atoms with Gasteiger partial charge in [-0.3, -0.25) is 4.90 Å². The van der Waals surface area contributed by atoms with E-state index >= 15 is 0 Å². The summed E-state index contributed by atoms with van der Waals surface area (Å²) in [5.41, 5.74) is 5.93. The summed E-state index contributed by atoms with van der Waals surface area (Å²) in [4.78, 5) is 2.53. The van der Waals surface area contributed by atoms with E-state index in [9.17, 15) is 0 Å². The molecule has 0 aromatic heterocycles. The van der Waals surface area contributed by atoms with Crippen molar-refractivity contribution >= 4 is 0 Å². The Balaban J connectivity index is 1.63. The van der Waals surface area contributed by atoms with Crippen LogP contribution in [0.3, 0.4) is 0 Å². The van der Waals surface area contributed by atoms with Crippen LogP contribution in [0.15, 0.2) is 24.3 Å². The van der Waals surface area contributed by atoms with Crippen LogP contribution < -0.4 is 15.2 Å². The molecule has 0 spiro atoms. The largest absolute Gasteiger partial charge is 0.486 e. The van der Waals surface area contributed by atoms with Crippen molar-refractivity contribution in [3.63, 3.8) is 0 Å². The van der Waals surface area contributed by atoms with Crippen LogP contribution >= 0.6 is 0 Å². The molecule has 3 unspecified atom stereocenters. The Morgan fingerprint density at radius 3 is 2.81 bits per heavy atom. The lowest BCUT2D eigenvalue weighted by atomic mass is 10.0. The minimum Gasteiger partial charge on any atom is -0.486 e. The van der Waals surface area contributed by atoms with Gasteiger partial charge in [-0.15, -0.1) is 0 Å². The number of hydrogen-bond acceptors (Lipinski definition) is 4. The van der Waals surface area contributed by atoms with Crippen LogP contribution in [-0.4, -0.2) is 43.3 Å². The lowest BCUT2D eigenvalue weighted by molar-refractivity contribution is 0.0408. The maximum absolute atomic E-state index is 6.09. The van der Waals surface area contributed by atoms with Crippen LogP contribution in [-0.2, 0) is 0 Å². The molecule has 0 amide bonds. The molecule has 0 bridgehead atoms. The number of rotatable bonds is 5. The van der Waals surface area contributed by atoms with Gasteiger partial charge in [0.2, 0.25) is 0 Å². The van der Waals surface area contributed by atoms with Crippen LogP contribution in [0.5, 0.6) is 11.5 Å². The molecular formula is C17H26N2O2. The van der Waals surface area contributed by atoms with E-state index < -0.39 is 0 Å². The molecule has 116 valence electrons. The van der Waals surface area contributed by atoms with Crippen LogP contribution in [0.1, 0.15) is 26.2 Å². The van der Waals surface area contributed by atoms with Gasteiger partial charge in [0.1, 0.15) is 12.7 Å². The smallest absolute Gasteiger partial charge is 0.161 e. The first-order valence-corrected chi connectivity index (χ1v) is 8.14. The molecule has 0 radical (unpaired) electrons. The highest BCUT2D eigenvalue weighted by molar-refractivity contribution is 5.40. The molecule has 1 aliphatic heterocycles. The van der Waals surface area contributed by atoms with E-state index in [0.717, 1.165) is 31.1 Å². The molecular weight excluding hydrogens is 264 g/mol. The van der Waals surface area contributed by atoms with E-state index in [4.69, 9.17) is 15.2 Å².